The standard InChI is InChI=1S/C18H24N4O2S/c1-4-9-22-17(24)15-12-7-5-6-8-13(12)25-16(15)21-18(22)19-10-14(23)20-11(2)3/h4,11H,1,5-10H2,2-3H3,(H,19,21)(H,20,23). The topological polar surface area (TPSA) is 76.0 Å². The highest BCUT2D eigenvalue weighted by Crippen LogP contribution is 2.34. The summed E-state index contributed by atoms with van der Waals surface area (Å²) in [6.45, 7) is 8.00. The predicted molar refractivity (Wildman–Crippen MR) is 102 cm³/mol. The first-order valence-electron chi connectivity index (χ1n) is 8.70. The molecule has 0 radical (unpaired) electrons. The Morgan fingerprint density at radius 2 is 2.16 bits per heavy atom. The highest BCUT2D eigenvalue weighted by molar-refractivity contribution is 7.18. The van der Waals surface area contributed by atoms with Crippen LogP contribution in [0.4, 0.5) is 5.95 Å². The van der Waals surface area contributed by atoms with E-state index in [0.29, 0.717) is 12.5 Å². The maximum atomic E-state index is 13.0. The van der Waals surface area contributed by atoms with Gasteiger partial charge < -0.3 is 10.6 Å². The third-order valence-electron chi connectivity index (χ3n) is 4.24. The van der Waals surface area contributed by atoms with E-state index in [0.717, 1.165) is 29.5 Å². The minimum atomic E-state index is -0.125. The van der Waals surface area contributed by atoms with Gasteiger partial charge >= 0.3 is 0 Å². The molecule has 2 aromatic heterocycles. The van der Waals surface area contributed by atoms with Gasteiger partial charge in [-0.25, -0.2) is 4.98 Å². The van der Waals surface area contributed by atoms with Gasteiger partial charge in [0.1, 0.15) is 4.83 Å². The number of amides is 1. The van der Waals surface area contributed by atoms with Crippen molar-refractivity contribution < 1.29 is 4.79 Å². The molecule has 2 aromatic rings. The molecule has 7 heteroatoms. The number of carbonyl (C=O) groups excluding carboxylic acids is 1. The molecule has 1 aliphatic carbocycles. The summed E-state index contributed by atoms with van der Waals surface area (Å²) in [6, 6.07) is 0.0733. The van der Waals surface area contributed by atoms with Crippen LogP contribution >= 0.6 is 11.3 Å². The predicted octanol–water partition coefficient (Wildman–Crippen LogP) is 2.46. The van der Waals surface area contributed by atoms with Crippen LogP contribution in [-0.2, 0) is 24.2 Å². The van der Waals surface area contributed by atoms with Crippen LogP contribution in [0.3, 0.4) is 0 Å². The number of hydrogen-bond acceptors (Lipinski definition) is 5. The molecule has 0 aromatic carbocycles. The van der Waals surface area contributed by atoms with Gasteiger partial charge in [-0.3, -0.25) is 14.2 Å². The largest absolute Gasteiger partial charge is 0.352 e. The van der Waals surface area contributed by atoms with Crippen LogP contribution in [0.25, 0.3) is 10.2 Å². The lowest BCUT2D eigenvalue weighted by Gasteiger charge is -2.14. The molecule has 1 aliphatic rings. The lowest BCUT2D eigenvalue weighted by molar-refractivity contribution is -0.119. The average Bonchev–Trinajstić information content (AvgIpc) is 2.93. The van der Waals surface area contributed by atoms with E-state index >= 15 is 0 Å². The second-order valence-corrected chi connectivity index (χ2v) is 7.69. The highest BCUT2D eigenvalue weighted by atomic mass is 32.1. The minimum Gasteiger partial charge on any atom is -0.352 e. The maximum Gasteiger partial charge on any atom is 0.264 e. The van der Waals surface area contributed by atoms with Crippen molar-refractivity contribution in [2.24, 2.45) is 0 Å². The molecule has 25 heavy (non-hydrogen) atoms. The number of nitrogens with one attached hydrogen (secondary N) is 2. The normalized spacial score (nSPS) is 13.7. The third-order valence-corrected chi connectivity index (χ3v) is 5.43. The summed E-state index contributed by atoms with van der Waals surface area (Å²) in [4.78, 5) is 31.6. The van der Waals surface area contributed by atoms with E-state index in [1.54, 1.807) is 22.0 Å². The zero-order valence-corrected chi connectivity index (χ0v) is 15.5. The van der Waals surface area contributed by atoms with E-state index in [-0.39, 0.29) is 24.1 Å². The summed E-state index contributed by atoms with van der Waals surface area (Å²) in [5.74, 6) is 0.301. The summed E-state index contributed by atoms with van der Waals surface area (Å²) in [5.41, 5.74) is 1.13. The summed E-state index contributed by atoms with van der Waals surface area (Å²) < 4.78 is 1.57. The maximum absolute atomic E-state index is 13.0. The molecular formula is C18H24N4O2S. The summed E-state index contributed by atoms with van der Waals surface area (Å²) in [6.07, 6.45) is 5.93. The Balaban J connectivity index is 1.99. The highest BCUT2D eigenvalue weighted by Gasteiger charge is 2.22. The fraction of sp³-hybridized carbons (Fsp3) is 0.500. The zero-order chi connectivity index (χ0) is 18.0. The fourth-order valence-electron chi connectivity index (χ4n) is 3.20. The molecule has 6 nitrogen and oxygen atoms in total. The molecule has 0 unspecified atom stereocenters. The van der Waals surface area contributed by atoms with Crippen molar-refractivity contribution >= 4 is 33.4 Å². The van der Waals surface area contributed by atoms with Crippen LogP contribution in [0.1, 0.15) is 37.1 Å². The van der Waals surface area contributed by atoms with Gasteiger partial charge in [-0.2, -0.15) is 0 Å². The Morgan fingerprint density at radius 3 is 2.88 bits per heavy atom. The van der Waals surface area contributed by atoms with E-state index in [1.165, 1.54) is 16.9 Å². The van der Waals surface area contributed by atoms with Crippen LogP contribution in [0.15, 0.2) is 17.4 Å². The first-order valence-corrected chi connectivity index (χ1v) is 9.52. The molecule has 0 bridgehead atoms. The molecule has 0 aliphatic heterocycles. The van der Waals surface area contributed by atoms with Crippen LogP contribution < -0.4 is 16.2 Å². The zero-order valence-electron chi connectivity index (χ0n) is 14.7. The number of aryl methyl sites for hydroxylation is 2. The first-order chi connectivity index (χ1) is 12.0. The van der Waals surface area contributed by atoms with Crippen molar-refractivity contribution in [2.75, 3.05) is 11.9 Å². The number of carbonyl (C=O) groups is 1. The smallest absolute Gasteiger partial charge is 0.264 e. The van der Waals surface area contributed by atoms with Gasteiger partial charge in [-0.05, 0) is 45.1 Å². The number of rotatable bonds is 6. The van der Waals surface area contributed by atoms with E-state index in [9.17, 15) is 9.59 Å². The van der Waals surface area contributed by atoms with Gasteiger partial charge in [-0.15, -0.1) is 17.9 Å². The SMILES string of the molecule is C=CCn1c(NCC(=O)NC(C)C)nc2sc3c(c2c1=O)CCCC3. The van der Waals surface area contributed by atoms with Crippen LogP contribution in [0.5, 0.6) is 0 Å². The second kappa shape index (κ2) is 7.39. The monoisotopic (exact) mass is 360 g/mol. The molecule has 0 saturated heterocycles. The Kier molecular flexibility index (Phi) is 5.22. The van der Waals surface area contributed by atoms with Crippen molar-refractivity contribution in [3.63, 3.8) is 0 Å². The van der Waals surface area contributed by atoms with Crippen molar-refractivity contribution in [1.82, 2.24) is 14.9 Å². The molecule has 1 amide bonds. The molecule has 3 rings (SSSR count). The van der Waals surface area contributed by atoms with Gasteiger partial charge in [-0.1, -0.05) is 6.08 Å². The van der Waals surface area contributed by atoms with Crippen molar-refractivity contribution in [3.8, 4) is 0 Å². The molecule has 2 N–H and O–H groups in total. The molecule has 134 valence electrons. The molecule has 0 saturated carbocycles. The number of hydrogen-bond donors (Lipinski definition) is 2. The third kappa shape index (κ3) is 3.61. The first kappa shape index (κ1) is 17.7. The van der Waals surface area contributed by atoms with Crippen molar-refractivity contribution in [2.45, 2.75) is 52.1 Å². The van der Waals surface area contributed by atoms with Crippen LogP contribution in [0.2, 0.25) is 0 Å². The fourth-order valence-corrected chi connectivity index (χ4v) is 4.46. The summed E-state index contributed by atoms with van der Waals surface area (Å²) in [5, 5.41) is 6.59. The Bertz CT molecular complexity index is 866. The number of aromatic nitrogens is 2. The van der Waals surface area contributed by atoms with E-state index in [2.05, 4.69) is 22.2 Å². The van der Waals surface area contributed by atoms with E-state index in [4.69, 9.17) is 0 Å². The minimum absolute atomic E-state index is 0.0453. The summed E-state index contributed by atoms with van der Waals surface area (Å²) in [7, 11) is 0. The number of fused-ring (bicyclic) bond motifs is 3. The van der Waals surface area contributed by atoms with Crippen LogP contribution in [-0.4, -0.2) is 28.0 Å². The average molecular weight is 360 g/mol. The van der Waals surface area contributed by atoms with Crippen molar-refractivity contribution in [1.29, 1.82) is 0 Å². The lowest BCUT2D eigenvalue weighted by atomic mass is 9.97. The quantitative estimate of drug-likeness (QED) is 0.776. The van der Waals surface area contributed by atoms with Crippen molar-refractivity contribution in [3.05, 3.63) is 33.4 Å². The number of allylic oxidation sites excluding steroid dienone is 1. The van der Waals surface area contributed by atoms with Gasteiger partial charge in [0.2, 0.25) is 11.9 Å². The summed E-state index contributed by atoms with van der Waals surface area (Å²) >= 11 is 1.61. The van der Waals surface area contributed by atoms with Gasteiger partial charge in [0.15, 0.2) is 0 Å². The number of anilines is 1. The Morgan fingerprint density at radius 1 is 1.40 bits per heavy atom. The molecule has 0 fully saturated rings. The molecule has 0 atom stereocenters. The number of nitrogens with zero attached hydrogens (tertiary/aromatic N) is 2. The van der Waals surface area contributed by atoms with Gasteiger partial charge in [0.05, 0.1) is 11.9 Å². The van der Waals surface area contributed by atoms with E-state index in [1.807, 2.05) is 13.8 Å². The van der Waals surface area contributed by atoms with Crippen LogP contribution in [0, 0.1) is 0 Å². The Labute approximate surface area is 151 Å². The van der Waals surface area contributed by atoms with Gasteiger partial charge in [0, 0.05) is 17.5 Å². The lowest BCUT2D eigenvalue weighted by Crippen LogP contribution is -2.36. The Hall–Kier alpha value is -2.15. The molecule has 0 spiro atoms. The molecule has 2 heterocycles. The second-order valence-electron chi connectivity index (χ2n) is 6.61. The van der Waals surface area contributed by atoms with E-state index < -0.39 is 0 Å². The number of thiophene rings is 1. The molecular weight excluding hydrogens is 336 g/mol. The van der Waals surface area contributed by atoms with Gasteiger partial charge in [0.25, 0.3) is 5.56 Å².